The van der Waals surface area contributed by atoms with Crippen LogP contribution in [0.2, 0.25) is 0 Å². The molecule has 0 radical (unpaired) electrons. The molecule has 0 aliphatic rings. The van der Waals surface area contributed by atoms with Gasteiger partial charge in [0.15, 0.2) is 0 Å². The maximum Gasteiger partial charge on any atom is 0.389 e. The van der Waals surface area contributed by atoms with Gasteiger partial charge < -0.3 is 4.74 Å². The normalized spacial score (nSPS) is 11.6. The summed E-state index contributed by atoms with van der Waals surface area (Å²) in [5.74, 6) is 0.236. The van der Waals surface area contributed by atoms with Crippen LogP contribution in [0.3, 0.4) is 0 Å². The average Bonchev–Trinajstić information content (AvgIpc) is 2.44. The molecule has 112 valence electrons. The van der Waals surface area contributed by atoms with Gasteiger partial charge >= 0.3 is 6.18 Å². The van der Waals surface area contributed by atoms with E-state index in [0.29, 0.717) is 5.75 Å². The molecule has 0 saturated carbocycles. The predicted octanol–water partition coefficient (Wildman–Crippen LogP) is 4.30. The van der Waals surface area contributed by atoms with Crippen molar-refractivity contribution in [1.29, 1.82) is 0 Å². The summed E-state index contributed by atoms with van der Waals surface area (Å²) in [6.45, 7) is 0. The molecule has 0 N–H and O–H groups in total. The van der Waals surface area contributed by atoms with E-state index in [0.717, 1.165) is 16.3 Å². The summed E-state index contributed by atoms with van der Waals surface area (Å²) < 4.78 is 41.6. The molecule has 0 bridgehead atoms. The summed E-state index contributed by atoms with van der Waals surface area (Å²) in [5, 5.41) is 1.76. The van der Waals surface area contributed by atoms with E-state index in [-0.39, 0.29) is 6.42 Å². The SMILES string of the molecule is COc1ccc2cccc(CC(=O)CCC(F)(F)F)c2c1. The molecule has 2 aromatic rings. The first-order chi connectivity index (χ1) is 9.89. The van der Waals surface area contributed by atoms with Crippen molar-refractivity contribution >= 4 is 16.6 Å². The van der Waals surface area contributed by atoms with E-state index in [1.165, 1.54) is 7.11 Å². The number of methoxy groups -OCH3 is 1. The lowest BCUT2D eigenvalue weighted by Crippen LogP contribution is -2.12. The molecule has 0 unspecified atom stereocenters. The van der Waals surface area contributed by atoms with Crippen molar-refractivity contribution < 1.29 is 22.7 Å². The number of hydrogen-bond acceptors (Lipinski definition) is 2. The smallest absolute Gasteiger partial charge is 0.389 e. The highest BCUT2D eigenvalue weighted by Gasteiger charge is 2.27. The number of Topliss-reactive ketones (excluding diaryl/α,β-unsaturated/α-hetero) is 1. The fourth-order valence-corrected chi connectivity index (χ4v) is 2.18. The van der Waals surface area contributed by atoms with Crippen LogP contribution in [0.5, 0.6) is 5.75 Å². The largest absolute Gasteiger partial charge is 0.497 e. The van der Waals surface area contributed by atoms with E-state index in [4.69, 9.17) is 4.74 Å². The first-order valence-corrected chi connectivity index (χ1v) is 6.53. The quantitative estimate of drug-likeness (QED) is 0.822. The molecule has 2 rings (SSSR count). The van der Waals surface area contributed by atoms with Crippen molar-refractivity contribution in [2.75, 3.05) is 7.11 Å². The van der Waals surface area contributed by atoms with Crippen LogP contribution < -0.4 is 4.74 Å². The van der Waals surface area contributed by atoms with E-state index in [1.807, 2.05) is 12.1 Å². The van der Waals surface area contributed by atoms with Crippen LogP contribution in [-0.2, 0) is 11.2 Å². The van der Waals surface area contributed by atoms with Crippen LogP contribution in [0.4, 0.5) is 13.2 Å². The Morgan fingerprint density at radius 3 is 2.62 bits per heavy atom. The number of carbonyl (C=O) groups excluding carboxylic acids is 1. The molecule has 0 aliphatic carbocycles. The van der Waals surface area contributed by atoms with Gasteiger partial charge in [-0.25, -0.2) is 0 Å². The second kappa shape index (κ2) is 6.16. The fourth-order valence-electron chi connectivity index (χ4n) is 2.18. The van der Waals surface area contributed by atoms with Gasteiger partial charge in [-0.3, -0.25) is 4.79 Å². The molecule has 0 fully saturated rings. The lowest BCUT2D eigenvalue weighted by molar-refractivity contribution is -0.143. The summed E-state index contributed by atoms with van der Waals surface area (Å²) in [6.07, 6.45) is -5.85. The lowest BCUT2D eigenvalue weighted by Gasteiger charge is -2.09. The van der Waals surface area contributed by atoms with Crippen molar-refractivity contribution in [3.8, 4) is 5.75 Å². The first-order valence-electron chi connectivity index (χ1n) is 6.53. The molecular weight excluding hydrogens is 281 g/mol. The summed E-state index contributed by atoms with van der Waals surface area (Å²) in [5.41, 5.74) is 0.721. The van der Waals surface area contributed by atoms with Crippen molar-refractivity contribution in [3.63, 3.8) is 0 Å². The molecule has 0 spiro atoms. The van der Waals surface area contributed by atoms with E-state index in [1.54, 1.807) is 24.3 Å². The number of carbonyl (C=O) groups is 1. The van der Waals surface area contributed by atoms with Crippen LogP contribution in [0.15, 0.2) is 36.4 Å². The Kier molecular flexibility index (Phi) is 4.50. The van der Waals surface area contributed by atoms with Gasteiger partial charge in [-0.15, -0.1) is 0 Å². The van der Waals surface area contributed by atoms with E-state index < -0.39 is 24.8 Å². The second-order valence-electron chi connectivity index (χ2n) is 4.83. The third-order valence-corrected chi connectivity index (χ3v) is 3.25. The minimum absolute atomic E-state index is 0.000583. The zero-order valence-corrected chi connectivity index (χ0v) is 11.5. The van der Waals surface area contributed by atoms with Crippen LogP contribution in [0, 0.1) is 0 Å². The second-order valence-corrected chi connectivity index (χ2v) is 4.83. The van der Waals surface area contributed by atoms with Crippen LogP contribution in [0.25, 0.3) is 10.8 Å². The molecule has 0 atom stereocenters. The van der Waals surface area contributed by atoms with Gasteiger partial charge in [0.1, 0.15) is 11.5 Å². The maximum absolute atomic E-state index is 12.1. The Balaban J connectivity index is 2.19. The monoisotopic (exact) mass is 296 g/mol. The number of benzene rings is 2. The Labute approximate surface area is 120 Å². The number of hydrogen-bond donors (Lipinski definition) is 0. The van der Waals surface area contributed by atoms with Gasteiger partial charge in [-0.1, -0.05) is 24.3 Å². The Hall–Kier alpha value is -2.04. The van der Waals surface area contributed by atoms with E-state index in [2.05, 4.69) is 0 Å². The van der Waals surface area contributed by atoms with Gasteiger partial charge in [-0.2, -0.15) is 13.2 Å². The Bertz CT molecular complexity index is 648. The summed E-state index contributed by atoms with van der Waals surface area (Å²) >= 11 is 0. The number of rotatable bonds is 5. The number of alkyl halides is 3. The van der Waals surface area contributed by atoms with Crippen LogP contribution in [0.1, 0.15) is 18.4 Å². The van der Waals surface area contributed by atoms with E-state index in [9.17, 15) is 18.0 Å². The summed E-state index contributed by atoms with van der Waals surface area (Å²) in [4.78, 5) is 11.7. The molecule has 0 saturated heterocycles. The third kappa shape index (κ3) is 4.21. The minimum Gasteiger partial charge on any atom is -0.497 e. The Morgan fingerprint density at radius 2 is 1.95 bits per heavy atom. The average molecular weight is 296 g/mol. The Morgan fingerprint density at radius 1 is 1.19 bits per heavy atom. The molecule has 0 amide bonds. The molecule has 5 heteroatoms. The molecule has 2 nitrogen and oxygen atoms in total. The number of ketones is 1. The number of fused-ring (bicyclic) bond motifs is 1. The summed E-state index contributed by atoms with van der Waals surface area (Å²) in [6, 6.07) is 10.9. The highest BCUT2D eigenvalue weighted by atomic mass is 19.4. The van der Waals surface area contributed by atoms with E-state index >= 15 is 0 Å². The highest BCUT2D eigenvalue weighted by molar-refractivity contribution is 5.91. The van der Waals surface area contributed by atoms with Crippen LogP contribution in [-0.4, -0.2) is 19.1 Å². The van der Waals surface area contributed by atoms with Gasteiger partial charge in [0, 0.05) is 12.8 Å². The lowest BCUT2D eigenvalue weighted by atomic mass is 9.98. The zero-order chi connectivity index (χ0) is 15.5. The third-order valence-electron chi connectivity index (χ3n) is 3.25. The zero-order valence-electron chi connectivity index (χ0n) is 11.5. The van der Waals surface area contributed by atoms with Gasteiger partial charge in [-0.05, 0) is 28.5 Å². The van der Waals surface area contributed by atoms with Gasteiger partial charge in [0.25, 0.3) is 0 Å². The van der Waals surface area contributed by atoms with Crippen molar-refractivity contribution in [3.05, 3.63) is 42.0 Å². The van der Waals surface area contributed by atoms with Crippen LogP contribution >= 0.6 is 0 Å². The minimum atomic E-state index is -4.29. The first kappa shape index (κ1) is 15.4. The topological polar surface area (TPSA) is 26.3 Å². The molecule has 21 heavy (non-hydrogen) atoms. The van der Waals surface area contributed by atoms with Gasteiger partial charge in [0.2, 0.25) is 0 Å². The summed E-state index contributed by atoms with van der Waals surface area (Å²) in [7, 11) is 1.54. The van der Waals surface area contributed by atoms with Crippen molar-refractivity contribution in [1.82, 2.24) is 0 Å². The standard InChI is InChI=1S/C16H15F3O2/c1-21-14-6-5-11-3-2-4-12(15(11)10-14)9-13(20)7-8-16(17,18)19/h2-6,10H,7-9H2,1H3. The predicted molar refractivity (Wildman–Crippen MR) is 74.5 cm³/mol. The fraction of sp³-hybridized carbons (Fsp3) is 0.312. The van der Waals surface area contributed by atoms with Crippen molar-refractivity contribution in [2.45, 2.75) is 25.4 Å². The maximum atomic E-state index is 12.1. The molecule has 2 aromatic carbocycles. The molecule has 0 heterocycles. The highest BCUT2D eigenvalue weighted by Crippen LogP contribution is 2.26. The molecular formula is C16H15F3O2. The van der Waals surface area contributed by atoms with Gasteiger partial charge in [0.05, 0.1) is 13.5 Å². The molecule has 0 aliphatic heterocycles. The number of ether oxygens (including phenoxy) is 1. The van der Waals surface area contributed by atoms with Crippen molar-refractivity contribution in [2.24, 2.45) is 0 Å². The molecule has 0 aromatic heterocycles. The number of halogens is 3.